The van der Waals surface area contributed by atoms with Gasteiger partial charge in [-0.1, -0.05) is 18.2 Å². The summed E-state index contributed by atoms with van der Waals surface area (Å²) >= 11 is 0. The van der Waals surface area contributed by atoms with Crippen molar-refractivity contribution in [2.24, 2.45) is 7.05 Å². The molecule has 5 aromatic rings. The van der Waals surface area contributed by atoms with E-state index in [0.717, 1.165) is 27.9 Å². The van der Waals surface area contributed by atoms with Crippen LogP contribution in [0.1, 0.15) is 5.56 Å². The number of nitrogens with zero attached hydrogens (tertiary/aromatic N) is 7. The molecule has 162 valence electrons. The Morgan fingerprint density at radius 3 is 2.55 bits per heavy atom. The first-order chi connectivity index (χ1) is 16.1. The lowest BCUT2D eigenvalue weighted by molar-refractivity contribution is 0.643. The molecule has 5 rings (SSSR count). The lowest BCUT2D eigenvalue weighted by Gasteiger charge is -2.09. The van der Waals surface area contributed by atoms with Gasteiger partial charge in [0.1, 0.15) is 0 Å². The zero-order valence-corrected chi connectivity index (χ0v) is 17.8. The van der Waals surface area contributed by atoms with Crippen LogP contribution in [0.3, 0.4) is 0 Å². The molecular formula is C24H20N8O. The third-order valence-corrected chi connectivity index (χ3v) is 5.03. The van der Waals surface area contributed by atoms with Crippen LogP contribution >= 0.6 is 0 Å². The van der Waals surface area contributed by atoms with Crippen LogP contribution in [0.25, 0.3) is 22.4 Å². The second-order valence-corrected chi connectivity index (χ2v) is 7.48. The fraction of sp³-hybridized carbons (Fsp3) is 0.0833. The van der Waals surface area contributed by atoms with Crippen molar-refractivity contribution in [1.82, 2.24) is 34.5 Å². The summed E-state index contributed by atoms with van der Waals surface area (Å²) in [7, 11) is 1.84. The number of anilines is 2. The topological polar surface area (TPSA) is 103 Å². The van der Waals surface area contributed by atoms with Crippen LogP contribution in [-0.4, -0.2) is 34.5 Å². The standard InChI is InChI=1S/C24H20N8O/c1-31-16-20(14-28-31)22-7-8-23(33)32(30-22)15-17-4-2-6-21(10-17)29-24-26-12-19(13-27-24)18-5-3-9-25-11-18/h2-14,16H,15H2,1H3,(H,26,27,29). The Morgan fingerprint density at radius 2 is 1.79 bits per heavy atom. The normalized spacial score (nSPS) is 10.8. The number of hydrogen-bond donors (Lipinski definition) is 1. The highest BCUT2D eigenvalue weighted by Crippen LogP contribution is 2.19. The van der Waals surface area contributed by atoms with E-state index in [1.165, 1.54) is 10.7 Å². The van der Waals surface area contributed by atoms with Gasteiger partial charge in [-0.15, -0.1) is 0 Å². The van der Waals surface area contributed by atoms with E-state index in [1.807, 2.05) is 49.6 Å². The number of hydrogen-bond acceptors (Lipinski definition) is 7. The van der Waals surface area contributed by atoms with Crippen molar-refractivity contribution in [2.75, 3.05) is 5.32 Å². The fourth-order valence-corrected chi connectivity index (χ4v) is 3.39. The van der Waals surface area contributed by atoms with Gasteiger partial charge in [0.2, 0.25) is 5.95 Å². The summed E-state index contributed by atoms with van der Waals surface area (Å²) in [6, 6.07) is 14.8. The maximum Gasteiger partial charge on any atom is 0.267 e. The van der Waals surface area contributed by atoms with Gasteiger partial charge in [-0.25, -0.2) is 14.6 Å². The first-order valence-electron chi connectivity index (χ1n) is 10.3. The van der Waals surface area contributed by atoms with Crippen LogP contribution in [0.4, 0.5) is 11.6 Å². The van der Waals surface area contributed by atoms with Crippen LogP contribution in [-0.2, 0) is 13.6 Å². The van der Waals surface area contributed by atoms with Crippen molar-refractivity contribution in [3.8, 4) is 22.4 Å². The van der Waals surface area contributed by atoms with Gasteiger partial charge in [-0.05, 0) is 29.8 Å². The highest BCUT2D eigenvalue weighted by molar-refractivity contribution is 5.62. The van der Waals surface area contributed by atoms with E-state index in [0.29, 0.717) is 18.2 Å². The average molecular weight is 436 g/mol. The molecule has 9 nitrogen and oxygen atoms in total. The third kappa shape index (κ3) is 4.67. The Bertz CT molecular complexity index is 1440. The second kappa shape index (κ2) is 8.83. The Kier molecular flexibility index (Phi) is 5.42. The lowest BCUT2D eigenvalue weighted by Crippen LogP contribution is -2.22. The Hall–Kier alpha value is -4.66. The number of nitrogens with one attached hydrogen (secondary N) is 1. The van der Waals surface area contributed by atoms with Crippen LogP contribution in [0.15, 0.2) is 90.5 Å². The summed E-state index contributed by atoms with van der Waals surface area (Å²) in [6.45, 7) is 0.337. The van der Waals surface area contributed by atoms with Crippen molar-refractivity contribution in [2.45, 2.75) is 6.54 Å². The third-order valence-electron chi connectivity index (χ3n) is 5.03. The minimum Gasteiger partial charge on any atom is -0.324 e. The molecule has 0 saturated heterocycles. The van der Waals surface area contributed by atoms with Crippen LogP contribution < -0.4 is 10.9 Å². The predicted octanol–water partition coefficient (Wildman–Crippen LogP) is 3.29. The molecule has 0 aliphatic carbocycles. The molecule has 0 fully saturated rings. The number of aromatic nitrogens is 7. The van der Waals surface area contributed by atoms with Gasteiger partial charge >= 0.3 is 0 Å². The fourth-order valence-electron chi connectivity index (χ4n) is 3.39. The van der Waals surface area contributed by atoms with E-state index in [2.05, 4.69) is 30.5 Å². The molecule has 4 aromatic heterocycles. The van der Waals surface area contributed by atoms with E-state index in [4.69, 9.17) is 0 Å². The minimum absolute atomic E-state index is 0.171. The quantitative estimate of drug-likeness (QED) is 0.436. The highest BCUT2D eigenvalue weighted by Gasteiger charge is 2.07. The van der Waals surface area contributed by atoms with Crippen molar-refractivity contribution >= 4 is 11.6 Å². The largest absolute Gasteiger partial charge is 0.324 e. The molecule has 1 N–H and O–H groups in total. The second-order valence-electron chi connectivity index (χ2n) is 7.48. The monoisotopic (exact) mass is 436 g/mol. The predicted molar refractivity (Wildman–Crippen MR) is 125 cm³/mol. The van der Waals surface area contributed by atoms with E-state index in [1.54, 1.807) is 41.7 Å². The summed E-state index contributed by atoms with van der Waals surface area (Å²) in [4.78, 5) is 25.3. The molecule has 0 aliphatic rings. The molecule has 0 unspecified atom stereocenters. The Morgan fingerprint density at radius 1 is 0.909 bits per heavy atom. The van der Waals surface area contributed by atoms with Gasteiger partial charge in [-0.3, -0.25) is 14.5 Å². The molecule has 0 atom stereocenters. The van der Waals surface area contributed by atoms with Crippen molar-refractivity contribution in [3.05, 3.63) is 102 Å². The van der Waals surface area contributed by atoms with Crippen molar-refractivity contribution in [3.63, 3.8) is 0 Å². The van der Waals surface area contributed by atoms with E-state index < -0.39 is 0 Å². The Balaban J connectivity index is 1.33. The maximum atomic E-state index is 12.4. The number of rotatable bonds is 6. The zero-order chi connectivity index (χ0) is 22.6. The van der Waals surface area contributed by atoms with Crippen molar-refractivity contribution in [1.29, 1.82) is 0 Å². The van der Waals surface area contributed by atoms with Gasteiger partial charge in [0.15, 0.2) is 0 Å². The molecule has 0 radical (unpaired) electrons. The summed E-state index contributed by atoms with van der Waals surface area (Å²) in [5.41, 5.74) is 4.96. The molecule has 0 saturated carbocycles. The van der Waals surface area contributed by atoms with Gasteiger partial charge in [-0.2, -0.15) is 10.2 Å². The van der Waals surface area contributed by atoms with Gasteiger partial charge in [0, 0.05) is 66.5 Å². The van der Waals surface area contributed by atoms with Crippen LogP contribution in [0, 0.1) is 0 Å². The number of aryl methyl sites for hydroxylation is 1. The molecule has 0 bridgehead atoms. The SMILES string of the molecule is Cn1cc(-c2ccc(=O)n(Cc3cccc(Nc4ncc(-c5cccnc5)cn4)c3)n2)cn1. The summed E-state index contributed by atoms with van der Waals surface area (Å²) < 4.78 is 3.15. The lowest BCUT2D eigenvalue weighted by atomic mass is 10.2. The first kappa shape index (κ1) is 20.3. The minimum atomic E-state index is -0.171. The summed E-state index contributed by atoms with van der Waals surface area (Å²) in [5, 5.41) is 11.9. The molecule has 0 amide bonds. The molecule has 0 aliphatic heterocycles. The highest BCUT2D eigenvalue weighted by atomic mass is 16.1. The van der Waals surface area contributed by atoms with Gasteiger partial charge in [0.05, 0.1) is 18.4 Å². The van der Waals surface area contributed by atoms with Gasteiger partial charge in [0.25, 0.3) is 5.56 Å². The van der Waals surface area contributed by atoms with Gasteiger partial charge < -0.3 is 5.32 Å². The summed E-state index contributed by atoms with van der Waals surface area (Å²) in [6.07, 6.45) is 10.6. The number of benzene rings is 1. The molecule has 0 spiro atoms. The molecule has 9 heteroatoms. The zero-order valence-electron chi connectivity index (χ0n) is 17.8. The molecular weight excluding hydrogens is 416 g/mol. The molecule has 1 aromatic carbocycles. The maximum absolute atomic E-state index is 12.4. The smallest absolute Gasteiger partial charge is 0.267 e. The van der Waals surface area contributed by atoms with Crippen LogP contribution in [0.5, 0.6) is 0 Å². The van der Waals surface area contributed by atoms with Crippen LogP contribution in [0.2, 0.25) is 0 Å². The van der Waals surface area contributed by atoms with E-state index >= 15 is 0 Å². The number of pyridine rings is 1. The van der Waals surface area contributed by atoms with E-state index in [-0.39, 0.29) is 5.56 Å². The summed E-state index contributed by atoms with van der Waals surface area (Å²) in [5.74, 6) is 0.480. The van der Waals surface area contributed by atoms with E-state index in [9.17, 15) is 4.79 Å². The molecule has 4 heterocycles. The van der Waals surface area contributed by atoms with Crippen molar-refractivity contribution < 1.29 is 0 Å². The Labute approximate surface area is 189 Å². The molecule has 33 heavy (non-hydrogen) atoms. The average Bonchev–Trinajstić information content (AvgIpc) is 3.28. The first-order valence-corrected chi connectivity index (χ1v) is 10.3.